The fourth-order valence-electron chi connectivity index (χ4n) is 1.93. The molecule has 1 aliphatic rings. The van der Waals surface area contributed by atoms with Gasteiger partial charge in [-0.25, -0.2) is 0 Å². The van der Waals surface area contributed by atoms with Crippen molar-refractivity contribution in [1.29, 1.82) is 0 Å². The standard InChI is InChI=1S/C11H23BrN2/c1-11-10-14(9-8-13(11)2)7-5-3-4-6-12/h11H,3-10H2,1-2H3. The second-order valence-corrected chi connectivity index (χ2v) is 5.17. The summed E-state index contributed by atoms with van der Waals surface area (Å²) >= 11 is 3.47. The second-order valence-electron chi connectivity index (χ2n) is 4.38. The monoisotopic (exact) mass is 262 g/mol. The van der Waals surface area contributed by atoms with Crippen molar-refractivity contribution >= 4 is 15.9 Å². The Bertz CT molecular complexity index is 152. The van der Waals surface area contributed by atoms with E-state index < -0.39 is 0 Å². The van der Waals surface area contributed by atoms with Crippen LogP contribution in [0.25, 0.3) is 0 Å². The SMILES string of the molecule is CC1CN(CCCCCBr)CCN1C. The van der Waals surface area contributed by atoms with Crippen molar-refractivity contribution in [3.63, 3.8) is 0 Å². The molecule has 0 radical (unpaired) electrons. The van der Waals surface area contributed by atoms with Crippen molar-refractivity contribution in [2.45, 2.75) is 32.2 Å². The Morgan fingerprint density at radius 1 is 1.21 bits per heavy atom. The van der Waals surface area contributed by atoms with Gasteiger partial charge in [-0.05, 0) is 33.4 Å². The number of hydrogen-bond donors (Lipinski definition) is 0. The molecule has 0 aliphatic carbocycles. The lowest BCUT2D eigenvalue weighted by Gasteiger charge is -2.37. The Hall–Kier alpha value is 0.400. The number of nitrogens with zero attached hydrogens (tertiary/aromatic N) is 2. The highest BCUT2D eigenvalue weighted by Gasteiger charge is 2.19. The fourth-order valence-corrected chi connectivity index (χ4v) is 2.33. The third-order valence-corrected chi connectivity index (χ3v) is 3.71. The molecule has 84 valence electrons. The summed E-state index contributed by atoms with van der Waals surface area (Å²) in [5.74, 6) is 0. The first-order chi connectivity index (χ1) is 6.74. The zero-order valence-corrected chi connectivity index (χ0v) is 11.1. The van der Waals surface area contributed by atoms with E-state index in [4.69, 9.17) is 0 Å². The van der Waals surface area contributed by atoms with Crippen LogP contribution in [0.5, 0.6) is 0 Å². The highest BCUT2D eigenvalue weighted by atomic mass is 79.9. The van der Waals surface area contributed by atoms with E-state index in [0.717, 1.165) is 11.4 Å². The molecule has 2 nitrogen and oxygen atoms in total. The molecule has 1 rings (SSSR count). The lowest BCUT2D eigenvalue weighted by molar-refractivity contribution is 0.104. The molecule has 0 bridgehead atoms. The van der Waals surface area contributed by atoms with Crippen LogP contribution >= 0.6 is 15.9 Å². The maximum atomic E-state index is 3.47. The van der Waals surface area contributed by atoms with E-state index >= 15 is 0 Å². The number of alkyl halides is 1. The van der Waals surface area contributed by atoms with Gasteiger partial charge < -0.3 is 9.80 Å². The topological polar surface area (TPSA) is 6.48 Å². The van der Waals surface area contributed by atoms with E-state index in [1.807, 2.05) is 0 Å². The van der Waals surface area contributed by atoms with Crippen molar-refractivity contribution < 1.29 is 0 Å². The van der Waals surface area contributed by atoms with Crippen molar-refractivity contribution in [2.24, 2.45) is 0 Å². The van der Waals surface area contributed by atoms with Gasteiger partial charge in [0.15, 0.2) is 0 Å². The smallest absolute Gasteiger partial charge is 0.0192 e. The summed E-state index contributed by atoms with van der Waals surface area (Å²) in [5.41, 5.74) is 0. The lowest BCUT2D eigenvalue weighted by Crippen LogP contribution is -2.50. The molecule has 0 aromatic heterocycles. The van der Waals surface area contributed by atoms with Crippen LogP contribution in [0.1, 0.15) is 26.2 Å². The zero-order valence-electron chi connectivity index (χ0n) is 9.51. The molecule has 1 atom stereocenters. The summed E-state index contributed by atoms with van der Waals surface area (Å²) in [6, 6.07) is 0.736. The van der Waals surface area contributed by atoms with Crippen molar-refractivity contribution in [1.82, 2.24) is 9.80 Å². The first-order valence-corrected chi connectivity index (χ1v) is 6.84. The molecule has 1 fully saturated rings. The summed E-state index contributed by atoms with van der Waals surface area (Å²) in [4.78, 5) is 5.06. The van der Waals surface area contributed by atoms with Crippen LogP contribution in [-0.4, -0.2) is 54.4 Å². The Morgan fingerprint density at radius 2 is 2.00 bits per heavy atom. The molecule has 14 heavy (non-hydrogen) atoms. The number of rotatable bonds is 5. The number of hydrogen-bond acceptors (Lipinski definition) is 2. The van der Waals surface area contributed by atoms with Gasteiger partial charge in [-0.2, -0.15) is 0 Å². The molecule has 0 aromatic carbocycles. The van der Waals surface area contributed by atoms with Crippen molar-refractivity contribution in [3.05, 3.63) is 0 Å². The van der Waals surface area contributed by atoms with Crippen LogP contribution in [0.2, 0.25) is 0 Å². The second kappa shape index (κ2) is 6.81. The average molecular weight is 263 g/mol. The minimum atomic E-state index is 0.736. The first-order valence-electron chi connectivity index (χ1n) is 5.72. The van der Waals surface area contributed by atoms with Gasteiger partial charge in [-0.15, -0.1) is 0 Å². The summed E-state index contributed by atoms with van der Waals surface area (Å²) < 4.78 is 0. The predicted molar refractivity (Wildman–Crippen MR) is 66.2 cm³/mol. The van der Waals surface area contributed by atoms with Gasteiger partial charge in [0.25, 0.3) is 0 Å². The minimum absolute atomic E-state index is 0.736. The third kappa shape index (κ3) is 4.28. The van der Waals surface area contributed by atoms with Gasteiger partial charge >= 0.3 is 0 Å². The molecule has 1 aliphatic heterocycles. The van der Waals surface area contributed by atoms with Crippen LogP contribution in [0, 0.1) is 0 Å². The Kier molecular flexibility index (Phi) is 6.06. The van der Waals surface area contributed by atoms with Gasteiger partial charge in [-0.3, -0.25) is 0 Å². The molecule has 1 heterocycles. The summed E-state index contributed by atoms with van der Waals surface area (Å²) in [5, 5.41) is 1.16. The maximum absolute atomic E-state index is 3.47. The van der Waals surface area contributed by atoms with E-state index in [1.165, 1.54) is 45.4 Å². The summed E-state index contributed by atoms with van der Waals surface area (Å²) in [7, 11) is 2.23. The number of likely N-dealkylation sites (N-methyl/N-ethyl adjacent to an activating group) is 1. The molecule has 3 heteroatoms. The average Bonchev–Trinajstić information content (AvgIpc) is 2.18. The van der Waals surface area contributed by atoms with Gasteiger partial charge in [0.1, 0.15) is 0 Å². The summed E-state index contributed by atoms with van der Waals surface area (Å²) in [6.07, 6.45) is 4.05. The number of piperazine rings is 1. The van der Waals surface area contributed by atoms with Gasteiger partial charge in [-0.1, -0.05) is 22.4 Å². The van der Waals surface area contributed by atoms with Crippen LogP contribution in [0.15, 0.2) is 0 Å². The third-order valence-electron chi connectivity index (χ3n) is 3.15. The zero-order chi connectivity index (χ0) is 10.4. The molecule has 0 amide bonds. The summed E-state index contributed by atoms with van der Waals surface area (Å²) in [6.45, 7) is 7.37. The molecule has 1 saturated heterocycles. The largest absolute Gasteiger partial charge is 0.301 e. The number of unbranched alkanes of at least 4 members (excludes halogenated alkanes) is 2. The Balaban J connectivity index is 2.07. The Morgan fingerprint density at radius 3 is 2.64 bits per heavy atom. The van der Waals surface area contributed by atoms with E-state index in [0.29, 0.717) is 0 Å². The molecule has 1 unspecified atom stereocenters. The highest BCUT2D eigenvalue weighted by molar-refractivity contribution is 9.09. The maximum Gasteiger partial charge on any atom is 0.0192 e. The molecule has 0 spiro atoms. The first kappa shape index (κ1) is 12.5. The fraction of sp³-hybridized carbons (Fsp3) is 1.00. The predicted octanol–water partition coefficient (Wildman–Crippen LogP) is 2.19. The number of halogens is 1. The van der Waals surface area contributed by atoms with E-state index in [2.05, 4.69) is 39.7 Å². The lowest BCUT2D eigenvalue weighted by atomic mass is 10.2. The molecule has 0 saturated carbocycles. The van der Waals surface area contributed by atoms with E-state index in [-0.39, 0.29) is 0 Å². The molecular formula is C11H23BrN2. The quantitative estimate of drug-likeness (QED) is 0.554. The van der Waals surface area contributed by atoms with Crippen LogP contribution in [-0.2, 0) is 0 Å². The van der Waals surface area contributed by atoms with E-state index in [9.17, 15) is 0 Å². The van der Waals surface area contributed by atoms with Gasteiger partial charge in [0.2, 0.25) is 0 Å². The Labute approximate surface area is 96.8 Å². The van der Waals surface area contributed by atoms with Crippen LogP contribution in [0.4, 0.5) is 0 Å². The normalized spacial score (nSPS) is 25.5. The molecule has 0 N–H and O–H groups in total. The van der Waals surface area contributed by atoms with Crippen molar-refractivity contribution in [2.75, 3.05) is 38.6 Å². The van der Waals surface area contributed by atoms with E-state index in [1.54, 1.807) is 0 Å². The molecular weight excluding hydrogens is 240 g/mol. The van der Waals surface area contributed by atoms with Crippen molar-refractivity contribution in [3.8, 4) is 0 Å². The minimum Gasteiger partial charge on any atom is -0.301 e. The highest BCUT2D eigenvalue weighted by Crippen LogP contribution is 2.08. The van der Waals surface area contributed by atoms with Crippen LogP contribution in [0.3, 0.4) is 0 Å². The molecule has 0 aromatic rings. The van der Waals surface area contributed by atoms with Gasteiger partial charge in [0.05, 0.1) is 0 Å². The van der Waals surface area contributed by atoms with Gasteiger partial charge in [0, 0.05) is 31.0 Å². The van der Waals surface area contributed by atoms with Crippen LogP contribution < -0.4 is 0 Å².